The SMILES string of the molecule is CCCCCC(=O)c1ccc(Oc2ccc([N+](=O)[O-])c(N3CCC(CCC)CC3)c2)cc1. The van der Waals surface area contributed by atoms with Crippen LogP contribution < -0.4 is 9.64 Å². The molecule has 0 amide bonds. The highest BCUT2D eigenvalue weighted by molar-refractivity contribution is 5.96. The van der Waals surface area contributed by atoms with Crippen LogP contribution in [0.4, 0.5) is 11.4 Å². The molecule has 6 heteroatoms. The summed E-state index contributed by atoms with van der Waals surface area (Å²) in [6.07, 6.45) is 8.14. The quantitative estimate of drug-likeness (QED) is 0.161. The molecule has 0 aliphatic carbocycles. The van der Waals surface area contributed by atoms with Gasteiger partial charge in [0.1, 0.15) is 17.2 Å². The third-order valence-corrected chi connectivity index (χ3v) is 6.22. The van der Waals surface area contributed by atoms with Gasteiger partial charge >= 0.3 is 0 Å². The van der Waals surface area contributed by atoms with Gasteiger partial charge < -0.3 is 9.64 Å². The van der Waals surface area contributed by atoms with Crippen LogP contribution in [0.2, 0.25) is 0 Å². The molecule has 0 N–H and O–H groups in total. The summed E-state index contributed by atoms with van der Waals surface area (Å²) >= 11 is 0. The summed E-state index contributed by atoms with van der Waals surface area (Å²) in [5.74, 6) is 2.02. The lowest BCUT2D eigenvalue weighted by Crippen LogP contribution is -2.34. The molecule has 6 nitrogen and oxygen atoms in total. The van der Waals surface area contributed by atoms with E-state index in [0.717, 1.165) is 45.2 Å². The smallest absolute Gasteiger partial charge is 0.292 e. The Morgan fingerprint density at radius 2 is 1.72 bits per heavy atom. The zero-order valence-electron chi connectivity index (χ0n) is 19.2. The van der Waals surface area contributed by atoms with Gasteiger partial charge in [0.15, 0.2) is 5.78 Å². The maximum atomic E-state index is 12.3. The summed E-state index contributed by atoms with van der Waals surface area (Å²) in [6, 6.07) is 12.1. The number of carbonyl (C=O) groups is 1. The molecular formula is C26H34N2O4. The van der Waals surface area contributed by atoms with E-state index in [2.05, 4.69) is 18.7 Å². The number of piperidine rings is 1. The lowest BCUT2D eigenvalue weighted by molar-refractivity contribution is -0.384. The number of nitrogens with zero attached hydrogens (tertiary/aromatic N) is 2. The van der Waals surface area contributed by atoms with E-state index in [1.165, 1.54) is 18.9 Å². The largest absolute Gasteiger partial charge is 0.457 e. The number of Topliss-reactive ketones (excluding diaryl/α,β-unsaturated/α-hetero) is 1. The Kier molecular flexibility index (Phi) is 8.65. The number of nitro benzene ring substituents is 1. The first kappa shape index (κ1) is 23.8. The predicted octanol–water partition coefficient (Wildman–Crippen LogP) is 7.17. The molecule has 32 heavy (non-hydrogen) atoms. The minimum atomic E-state index is -0.323. The lowest BCUT2D eigenvalue weighted by atomic mass is 9.92. The van der Waals surface area contributed by atoms with Crippen molar-refractivity contribution in [2.45, 2.75) is 65.2 Å². The van der Waals surface area contributed by atoms with Gasteiger partial charge in [-0.25, -0.2) is 0 Å². The van der Waals surface area contributed by atoms with Crippen molar-refractivity contribution in [1.82, 2.24) is 0 Å². The summed E-state index contributed by atoms with van der Waals surface area (Å²) < 4.78 is 5.98. The summed E-state index contributed by atoms with van der Waals surface area (Å²) in [5, 5.41) is 11.6. The molecule has 2 aromatic rings. The highest BCUT2D eigenvalue weighted by atomic mass is 16.6. The Morgan fingerprint density at radius 3 is 2.34 bits per heavy atom. The molecule has 0 aromatic heterocycles. The minimum absolute atomic E-state index is 0.110. The Morgan fingerprint density at radius 1 is 1.03 bits per heavy atom. The zero-order chi connectivity index (χ0) is 22.9. The number of ether oxygens (including phenoxy) is 1. The van der Waals surface area contributed by atoms with Gasteiger partial charge in [-0.05, 0) is 55.5 Å². The molecule has 0 saturated carbocycles. The van der Waals surface area contributed by atoms with E-state index in [1.807, 2.05) is 0 Å². The van der Waals surface area contributed by atoms with Crippen molar-refractivity contribution < 1.29 is 14.5 Å². The molecule has 1 fully saturated rings. The zero-order valence-corrected chi connectivity index (χ0v) is 19.2. The van der Waals surface area contributed by atoms with Gasteiger partial charge in [0.2, 0.25) is 0 Å². The molecule has 0 spiro atoms. The van der Waals surface area contributed by atoms with E-state index in [9.17, 15) is 14.9 Å². The van der Waals surface area contributed by atoms with Crippen LogP contribution in [0.5, 0.6) is 11.5 Å². The Bertz CT molecular complexity index is 903. The highest BCUT2D eigenvalue weighted by Gasteiger charge is 2.25. The van der Waals surface area contributed by atoms with Crippen LogP contribution in [-0.4, -0.2) is 23.8 Å². The number of ketones is 1. The van der Waals surface area contributed by atoms with Gasteiger partial charge in [-0.1, -0.05) is 39.5 Å². The van der Waals surface area contributed by atoms with Gasteiger partial charge in [0, 0.05) is 37.2 Å². The fourth-order valence-electron chi connectivity index (χ4n) is 4.37. The molecule has 1 heterocycles. The number of carbonyl (C=O) groups excluding carboxylic acids is 1. The van der Waals surface area contributed by atoms with Crippen LogP contribution in [0.25, 0.3) is 0 Å². The molecule has 1 aliphatic heterocycles. The fraction of sp³-hybridized carbons (Fsp3) is 0.500. The Balaban J connectivity index is 1.70. The van der Waals surface area contributed by atoms with E-state index in [-0.39, 0.29) is 16.4 Å². The average molecular weight is 439 g/mol. The van der Waals surface area contributed by atoms with E-state index in [4.69, 9.17) is 4.74 Å². The number of anilines is 1. The van der Waals surface area contributed by atoms with Crippen molar-refractivity contribution in [2.75, 3.05) is 18.0 Å². The van der Waals surface area contributed by atoms with Crippen molar-refractivity contribution in [3.63, 3.8) is 0 Å². The molecule has 0 radical (unpaired) electrons. The molecule has 3 rings (SSSR count). The molecule has 172 valence electrons. The second-order valence-electron chi connectivity index (χ2n) is 8.63. The molecule has 2 aromatic carbocycles. The van der Waals surface area contributed by atoms with E-state index < -0.39 is 0 Å². The average Bonchev–Trinajstić information content (AvgIpc) is 2.80. The van der Waals surface area contributed by atoms with Gasteiger partial charge in [-0.2, -0.15) is 0 Å². The van der Waals surface area contributed by atoms with Gasteiger partial charge in [0.25, 0.3) is 5.69 Å². The molecule has 0 unspecified atom stereocenters. The van der Waals surface area contributed by atoms with Gasteiger partial charge in [-0.3, -0.25) is 14.9 Å². The molecule has 0 atom stereocenters. The number of nitro groups is 1. The van der Waals surface area contributed by atoms with Crippen molar-refractivity contribution in [3.05, 3.63) is 58.1 Å². The molecular weight excluding hydrogens is 404 g/mol. The number of hydrogen-bond acceptors (Lipinski definition) is 5. The third kappa shape index (κ3) is 6.31. The molecule has 0 bridgehead atoms. The van der Waals surface area contributed by atoms with Crippen LogP contribution in [0.3, 0.4) is 0 Å². The number of rotatable bonds is 11. The standard InChI is InChI=1S/C26H34N2O4/c1-3-5-6-8-26(29)21-9-11-22(12-10-21)32-23-13-14-24(28(30)31)25(19-23)27-17-15-20(7-4-2)16-18-27/h9-14,19-20H,3-8,15-18H2,1-2H3. The molecule has 1 aliphatic rings. The summed E-state index contributed by atoms with van der Waals surface area (Å²) in [5.41, 5.74) is 1.41. The van der Waals surface area contributed by atoms with Crippen molar-refractivity contribution in [3.8, 4) is 11.5 Å². The Hall–Kier alpha value is -2.89. The number of unbranched alkanes of at least 4 members (excludes halogenated alkanes) is 2. The highest BCUT2D eigenvalue weighted by Crippen LogP contribution is 2.36. The first-order valence-electron chi connectivity index (χ1n) is 11.9. The second kappa shape index (κ2) is 11.7. The first-order chi connectivity index (χ1) is 15.5. The van der Waals surface area contributed by atoms with E-state index >= 15 is 0 Å². The number of benzene rings is 2. The maximum absolute atomic E-state index is 12.3. The predicted molar refractivity (Wildman–Crippen MR) is 128 cm³/mol. The van der Waals surface area contributed by atoms with Gasteiger partial charge in [0.05, 0.1) is 4.92 Å². The number of hydrogen-bond donors (Lipinski definition) is 0. The summed E-state index contributed by atoms with van der Waals surface area (Å²) in [4.78, 5) is 25.6. The van der Waals surface area contributed by atoms with Crippen LogP contribution in [0.15, 0.2) is 42.5 Å². The van der Waals surface area contributed by atoms with Crippen molar-refractivity contribution >= 4 is 17.2 Å². The minimum Gasteiger partial charge on any atom is -0.457 e. The second-order valence-corrected chi connectivity index (χ2v) is 8.63. The van der Waals surface area contributed by atoms with E-state index in [1.54, 1.807) is 36.4 Å². The van der Waals surface area contributed by atoms with Crippen LogP contribution in [0.1, 0.15) is 75.6 Å². The van der Waals surface area contributed by atoms with Crippen LogP contribution >= 0.6 is 0 Å². The van der Waals surface area contributed by atoms with Crippen LogP contribution in [0, 0.1) is 16.0 Å². The maximum Gasteiger partial charge on any atom is 0.292 e. The normalized spacial score (nSPS) is 14.4. The van der Waals surface area contributed by atoms with E-state index in [0.29, 0.717) is 35.1 Å². The Labute approximate surface area is 190 Å². The fourth-order valence-corrected chi connectivity index (χ4v) is 4.37. The summed E-state index contributed by atoms with van der Waals surface area (Å²) in [6.45, 7) is 5.97. The topological polar surface area (TPSA) is 72.7 Å². The molecule has 1 saturated heterocycles. The first-order valence-corrected chi connectivity index (χ1v) is 11.9. The van der Waals surface area contributed by atoms with Crippen molar-refractivity contribution in [2.24, 2.45) is 5.92 Å². The van der Waals surface area contributed by atoms with Crippen molar-refractivity contribution in [1.29, 1.82) is 0 Å². The third-order valence-electron chi connectivity index (χ3n) is 6.22. The van der Waals surface area contributed by atoms with Crippen LogP contribution in [-0.2, 0) is 0 Å². The monoisotopic (exact) mass is 438 g/mol. The van der Waals surface area contributed by atoms with Gasteiger partial charge in [-0.15, -0.1) is 0 Å². The summed E-state index contributed by atoms with van der Waals surface area (Å²) in [7, 11) is 0. The lowest BCUT2D eigenvalue weighted by Gasteiger charge is -2.33.